The Morgan fingerprint density at radius 2 is 2.17 bits per heavy atom. The van der Waals surface area contributed by atoms with Crippen LogP contribution in [0.15, 0.2) is 11.8 Å². The molecule has 3 fully saturated rings. The number of hydrogen-bond donors (Lipinski definition) is 1. The number of rotatable bonds is 0. The van der Waals surface area contributed by atoms with Gasteiger partial charge in [0.05, 0.1) is 6.26 Å². The monoisotopic (exact) mass is 164 g/mol. The average Bonchev–Trinajstić information content (AvgIpc) is 2.80. The van der Waals surface area contributed by atoms with Crippen LogP contribution < -0.4 is 0 Å². The largest absolute Gasteiger partial charge is 0.515 e. The van der Waals surface area contributed by atoms with Crippen LogP contribution >= 0.6 is 0 Å². The zero-order valence-corrected chi connectivity index (χ0v) is 6.86. The average molecular weight is 164 g/mol. The molecule has 0 radical (unpaired) electrons. The van der Waals surface area contributed by atoms with E-state index in [0.717, 1.165) is 24.7 Å². The predicted molar refractivity (Wildman–Crippen MR) is 43.5 cm³/mol. The van der Waals surface area contributed by atoms with Crippen molar-refractivity contribution in [1.82, 2.24) is 0 Å². The summed E-state index contributed by atoms with van der Waals surface area (Å²) in [5, 5.41) is 8.93. The summed E-state index contributed by atoms with van der Waals surface area (Å²) in [6.45, 7) is 0. The highest BCUT2D eigenvalue weighted by Crippen LogP contribution is 2.63. The molecule has 0 aliphatic heterocycles. The minimum Gasteiger partial charge on any atom is -0.515 e. The van der Waals surface area contributed by atoms with E-state index in [-0.39, 0.29) is 5.78 Å². The standard InChI is InChI=1S/C10H12O2/c11-4-8-5-1-2-6-7(3-5)9(6)10(8)12/h4-7,9,11H,1-3H2/b8-4+/t5-,6+,7+,9+/m0/s1. The lowest BCUT2D eigenvalue weighted by Gasteiger charge is -2.23. The van der Waals surface area contributed by atoms with Crippen LogP contribution in [-0.4, -0.2) is 10.9 Å². The molecule has 0 spiro atoms. The molecule has 2 bridgehead atoms. The maximum Gasteiger partial charge on any atom is 0.165 e. The number of carbonyl (C=O) groups is 1. The first-order chi connectivity index (χ1) is 5.83. The zero-order valence-electron chi connectivity index (χ0n) is 6.86. The minimum atomic E-state index is 0.251. The fourth-order valence-electron chi connectivity index (χ4n) is 3.23. The van der Waals surface area contributed by atoms with Crippen LogP contribution in [0.25, 0.3) is 0 Å². The van der Waals surface area contributed by atoms with Gasteiger partial charge in [-0.25, -0.2) is 0 Å². The highest BCUT2D eigenvalue weighted by molar-refractivity contribution is 6.01. The lowest BCUT2D eigenvalue weighted by molar-refractivity contribution is -0.118. The summed E-state index contributed by atoms with van der Waals surface area (Å²) < 4.78 is 0. The van der Waals surface area contributed by atoms with E-state index >= 15 is 0 Å². The molecule has 0 aromatic heterocycles. The van der Waals surface area contributed by atoms with E-state index in [1.807, 2.05) is 0 Å². The topological polar surface area (TPSA) is 37.3 Å². The molecule has 3 aliphatic carbocycles. The van der Waals surface area contributed by atoms with Gasteiger partial charge in [0.2, 0.25) is 0 Å². The first kappa shape index (κ1) is 6.70. The predicted octanol–water partition coefficient (Wildman–Crippen LogP) is 1.67. The van der Waals surface area contributed by atoms with E-state index in [2.05, 4.69) is 0 Å². The van der Waals surface area contributed by atoms with Crippen molar-refractivity contribution < 1.29 is 9.90 Å². The van der Waals surface area contributed by atoms with E-state index in [0.29, 0.717) is 23.7 Å². The minimum absolute atomic E-state index is 0.251. The van der Waals surface area contributed by atoms with Gasteiger partial charge in [-0.1, -0.05) is 0 Å². The van der Waals surface area contributed by atoms with E-state index in [1.54, 1.807) is 0 Å². The molecule has 0 aromatic rings. The maximum absolute atomic E-state index is 11.6. The number of hydrogen-bond acceptors (Lipinski definition) is 2. The molecule has 3 saturated carbocycles. The number of fused-ring (bicyclic) bond motifs is 2. The Balaban J connectivity index is 2.04. The van der Waals surface area contributed by atoms with Crippen LogP contribution in [0.3, 0.4) is 0 Å². The molecule has 0 heterocycles. The van der Waals surface area contributed by atoms with Gasteiger partial charge in [-0.2, -0.15) is 0 Å². The molecular formula is C10H12O2. The molecule has 2 nitrogen and oxygen atoms in total. The van der Waals surface area contributed by atoms with E-state index in [9.17, 15) is 4.79 Å². The molecule has 0 aromatic carbocycles. The normalized spacial score (nSPS) is 52.7. The van der Waals surface area contributed by atoms with Gasteiger partial charge in [0.1, 0.15) is 0 Å². The van der Waals surface area contributed by atoms with Crippen molar-refractivity contribution in [3.8, 4) is 0 Å². The van der Waals surface area contributed by atoms with Crippen LogP contribution in [0, 0.1) is 23.7 Å². The molecule has 3 aliphatic rings. The number of aliphatic hydroxyl groups excluding tert-OH is 1. The van der Waals surface area contributed by atoms with E-state index in [1.165, 1.54) is 6.42 Å². The molecule has 64 valence electrons. The summed E-state index contributed by atoms with van der Waals surface area (Å²) in [6.07, 6.45) is 4.55. The Labute approximate surface area is 71.3 Å². The van der Waals surface area contributed by atoms with Gasteiger partial charge in [0.15, 0.2) is 5.78 Å². The third-order valence-electron chi connectivity index (χ3n) is 3.90. The Hall–Kier alpha value is -0.790. The van der Waals surface area contributed by atoms with Crippen LogP contribution in [0.1, 0.15) is 19.3 Å². The molecule has 12 heavy (non-hydrogen) atoms. The van der Waals surface area contributed by atoms with Gasteiger partial charge in [-0.15, -0.1) is 0 Å². The van der Waals surface area contributed by atoms with Gasteiger partial charge in [0, 0.05) is 11.5 Å². The molecule has 1 N–H and O–H groups in total. The number of ketones is 1. The van der Waals surface area contributed by atoms with Crippen molar-refractivity contribution in [1.29, 1.82) is 0 Å². The lowest BCUT2D eigenvalue weighted by atomic mass is 9.80. The van der Waals surface area contributed by atoms with Crippen molar-refractivity contribution in [2.75, 3.05) is 0 Å². The smallest absolute Gasteiger partial charge is 0.165 e. The van der Waals surface area contributed by atoms with Crippen molar-refractivity contribution in [2.45, 2.75) is 19.3 Å². The van der Waals surface area contributed by atoms with Crippen LogP contribution in [0.5, 0.6) is 0 Å². The fourth-order valence-corrected chi connectivity index (χ4v) is 3.23. The molecule has 0 saturated heterocycles. The molecule has 0 amide bonds. The van der Waals surface area contributed by atoms with Gasteiger partial charge in [-0.05, 0) is 37.0 Å². The summed E-state index contributed by atoms with van der Waals surface area (Å²) in [5.74, 6) is 2.33. The van der Waals surface area contributed by atoms with Crippen molar-refractivity contribution in [3.63, 3.8) is 0 Å². The second kappa shape index (κ2) is 1.93. The van der Waals surface area contributed by atoms with Crippen molar-refractivity contribution >= 4 is 5.78 Å². The number of Topliss-reactive ketones (excluding diaryl/α,β-unsaturated/α-hetero) is 1. The Morgan fingerprint density at radius 3 is 2.92 bits per heavy atom. The van der Waals surface area contributed by atoms with Gasteiger partial charge in [0.25, 0.3) is 0 Å². The first-order valence-corrected chi connectivity index (χ1v) is 4.71. The Morgan fingerprint density at radius 1 is 1.33 bits per heavy atom. The molecule has 0 unspecified atom stereocenters. The van der Waals surface area contributed by atoms with E-state index in [4.69, 9.17) is 5.11 Å². The highest BCUT2D eigenvalue weighted by atomic mass is 16.2. The third kappa shape index (κ3) is 0.598. The summed E-state index contributed by atoms with van der Waals surface area (Å²) >= 11 is 0. The van der Waals surface area contributed by atoms with Crippen LogP contribution in [0.2, 0.25) is 0 Å². The molecule has 3 rings (SSSR count). The Bertz CT molecular complexity index is 276. The van der Waals surface area contributed by atoms with Crippen LogP contribution in [0.4, 0.5) is 0 Å². The fraction of sp³-hybridized carbons (Fsp3) is 0.700. The third-order valence-corrected chi connectivity index (χ3v) is 3.90. The van der Waals surface area contributed by atoms with Crippen molar-refractivity contribution in [2.24, 2.45) is 23.7 Å². The summed E-state index contributed by atoms with van der Waals surface area (Å²) in [5.41, 5.74) is 0.719. The second-order valence-corrected chi connectivity index (χ2v) is 4.31. The summed E-state index contributed by atoms with van der Waals surface area (Å²) in [4.78, 5) is 11.6. The maximum atomic E-state index is 11.6. The SMILES string of the molecule is O=C1/C(=C/O)[C@H]2CC[C@@H]3[C@@H](C2)[C@H]13. The van der Waals surface area contributed by atoms with Gasteiger partial charge >= 0.3 is 0 Å². The summed E-state index contributed by atoms with van der Waals surface area (Å²) in [6, 6.07) is 0. The second-order valence-electron chi connectivity index (χ2n) is 4.31. The molecule has 4 atom stereocenters. The highest BCUT2D eigenvalue weighted by Gasteiger charge is 2.61. The molecular weight excluding hydrogens is 152 g/mol. The Kier molecular flexibility index (Phi) is 1.07. The molecule has 2 heteroatoms. The van der Waals surface area contributed by atoms with Gasteiger partial charge in [-0.3, -0.25) is 4.79 Å². The van der Waals surface area contributed by atoms with Crippen LogP contribution in [-0.2, 0) is 4.79 Å². The number of carbonyl (C=O) groups excluding carboxylic acids is 1. The van der Waals surface area contributed by atoms with E-state index < -0.39 is 0 Å². The van der Waals surface area contributed by atoms with Gasteiger partial charge < -0.3 is 5.11 Å². The first-order valence-electron chi connectivity index (χ1n) is 4.71. The zero-order chi connectivity index (χ0) is 8.29. The number of allylic oxidation sites excluding steroid dienone is 1. The lowest BCUT2D eigenvalue weighted by Crippen LogP contribution is -2.21. The number of aliphatic hydroxyl groups is 1. The van der Waals surface area contributed by atoms with Crippen molar-refractivity contribution in [3.05, 3.63) is 11.8 Å². The quantitative estimate of drug-likeness (QED) is 0.437. The summed E-state index contributed by atoms with van der Waals surface area (Å²) in [7, 11) is 0.